The molecule has 0 aromatic rings. The summed E-state index contributed by atoms with van der Waals surface area (Å²) in [5, 5.41) is 18.6. The Balaban J connectivity index is 4.58. The molecule has 1 atom stereocenters. The van der Waals surface area contributed by atoms with Crippen molar-refractivity contribution >= 4 is 5.91 Å². The molecule has 0 saturated carbocycles. The van der Waals surface area contributed by atoms with Crippen LogP contribution >= 0.6 is 0 Å². The van der Waals surface area contributed by atoms with Crippen LogP contribution in [0.2, 0.25) is 0 Å². The molecular formula is C12H22N2O2. The molecule has 0 aromatic heterocycles. The first kappa shape index (κ1) is 14.9. The number of nitriles is 1. The Morgan fingerprint density at radius 2 is 2.06 bits per heavy atom. The number of hydrogen-bond donors (Lipinski definition) is 1. The van der Waals surface area contributed by atoms with E-state index in [0.29, 0.717) is 13.0 Å². The van der Waals surface area contributed by atoms with Crippen LogP contribution < -0.4 is 0 Å². The molecule has 0 radical (unpaired) electrons. The number of hydrogen-bond acceptors (Lipinski definition) is 3. The standard InChI is InChI=1S/C12H22N2O2/c1-5-7-10(8-13)11(15)14(6-2)9-12(3,4)16/h10,16H,5-7,9H2,1-4H3. The minimum absolute atomic E-state index is 0.172. The van der Waals surface area contributed by atoms with Crippen LogP contribution in [0.5, 0.6) is 0 Å². The summed E-state index contributed by atoms with van der Waals surface area (Å²) in [6.07, 6.45) is 1.39. The van der Waals surface area contributed by atoms with Crippen molar-refractivity contribution in [2.45, 2.75) is 46.1 Å². The second-order valence-electron chi connectivity index (χ2n) is 4.64. The summed E-state index contributed by atoms with van der Waals surface area (Å²) in [4.78, 5) is 13.5. The zero-order chi connectivity index (χ0) is 12.8. The highest BCUT2D eigenvalue weighted by Gasteiger charge is 2.26. The molecule has 1 unspecified atom stereocenters. The van der Waals surface area contributed by atoms with E-state index in [9.17, 15) is 9.90 Å². The molecule has 0 spiro atoms. The van der Waals surface area contributed by atoms with Gasteiger partial charge < -0.3 is 10.0 Å². The molecule has 0 rings (SSSR count). The van der Waals surface area contributed by atoms with Gasteiger partial charge in [-0.1, -0.05) is 13.3 Å². The third-order valence-corrected chi connectivity index (χ3v) is 2.30. The van der Waals surface area contributed by atoms with E-state index in [2.05, 4.69) is 0 Å². The Labute approximate surface area is 97.9 Å². The first-order valence-corrected chi connectivity index (χ1v) is 5.76. The largest absolute Gasteiger partial charge is 0.389 e. The van der Waals surface area contributed by atoms with Crippen LogP contribution in [-0.4, -0.2) is 34.6 Å². The van der Waals surface area contributed by atoms with Gasteiger partial charge in [0.05, 0.1) is 11.7 Å². The van der Waals surface area contributed by atoms with E-state index in [-0.39, 0.29) is 12.5 Å². The number of nitrogens with zero attached hydrogens (tertiary/aromatic N) is 2. The fourth-order valence-electron chi connectivity index (χ4n) is 1.56. The van der Waals surface area contributed by atoms with E-state index in [1.165, 1.54) is 0 Å². The minimum atomic E-state index is -0.919. The quantitative estimate of drug-likeness (QED) is 0.747. The average Bonchev–Trinajstić information content (AvgIpc) is 2.20. The van der Waals surface area contributed by atoms with Crippen molar-refractivity contribution in [3.63, 3.8) is 0 Å². The second-order valence-corrected chi connectivity index (χ2v) is 4.64. The fraction of sp³-hybridized carbons (Fsp3) is 0.833. The van der Waals surface area contributed by atoms with Crippen LogP contribution in [0.4, 0.5) is 0 Å². The molecule has 0 aliphatic heterocycles. The van der Waals surface area contributed by atoms with E-state index in [0.717, 1.165) is 6.42 Å². The van der Waals surface area contributed by atoms with Crippen molar-refractivity contribution < 1.29 is 9.90 Å². The number of rotatable bonds is 6. The van der Waals surface area contributed by atoms with E-state index in [1.54, 1.807) is 18.7 Å². The summed E-state index contributed by atoms with van der Waals surface area (Å²) in [7, 11) is 0. The van der Waals surface area contributed by atoms with Gasteiger partial charge in [0, 0.05) is 13.1 Å². The summed E-state index contributed by atoms with van der Waals surface area (Å²) in [6, 6.07) is 2.03. The smallest absolute Gasteiger partial charge is 0.240 e. The first-order chi connectivity index (χ1) is 7.35. The summed E-state index contributed by atoms with van der Waals surface area (Å²) >= 11 is 0. The third kappa shape index (κ3) is 5.13. The Bertz CT molecular complexity index is 263. The predicted molar refractivity (Wildman–Crippen MR) is 62.6 cm³/mol. The second kappa shape index (κ2) is 6.49. The highest BCUT2D eigenvalue weighted by molar-refractivity contribution is 5.81. The van der Waals surface area contributed by atoms with Crippen molar-refractivity contribution in [1.29, 1.82) is 5.26 Å². The van der Waals surface area contributed by atoms with Crippen LogP contribution in [0.1, 0.15) is 40.5 Å². The van der Waals surface area contributed by atoms with Gasteiger partial charge in [-0.2, -0.15) is 5.26 Å². The molecule has 0 aromatic carbocycles. The van der Waals surface area contributed by atoms with Gasteiger partial charge in [-0.15, -0.1) is 0 Å². The fourth-order valence-corrected chi connectivity index (χ4v) is 1.56. The average molecular weight is 226 g/mol. The Kier molecular flexibility index (Phi) is 6.05. The number of carbonyl (C=O) groups is 1. The molecule has 4 heteroatoms. The highest BCUT2D eigenvalue weighted by Crippen LogP contribution is 2.12. The van der Waals surface area contributed by atoms with Gasteiger partial charge >= 0.3 is 0 Å². The normalized spacial score (nSPS) is 13.0. The summed E-state index contributed by atoms with van der Waals surface area (Å²) in [5.41, 5.74) is -0.919. The Morgan fingerprint density at radius 1 is 1.50 bits per heavy atom. The number of likely N-dealkylation sites (N-methyl/N-ethyl adjacent to an activating group) is 1. The van der Waals surface area contributed by atoms with Crippen molar-refractivity contribution in [3.05, 3.63) is 0 Å². The van der Waals surface area contributed by atoms with Crippen molar-refractivity contribution in [2.75, 3.05) is 13.1 Å². The topological polar surface area (TPSA) is 64.3 Å². The Hall–Kier alpha value is -1.08. The lowest BCUT2D eigenvalue weighted by Crippen LogP contribution is -2.44. The first-order valence-electron chi connectivity index (χ1n) is 5.76. The molecule has 0 heterocycles. The maximum absolute atomic E-state index is 12.0. The van der Waals surface area contributed by atoms with Gasteiger partial charge in [0.15, 0.2) is 0 Å². The lowest BCUT2D eigenvalue weighted by molar-refractivity contribution is -0.136. The molecular weight excluding hydrogens is 204 g/mol. The molecule has 0 saturated heterocycles. The lowest BCUT2D eigenvalue weighted by Gasteiger charge is -2.29. The minimum Gasteiger partial charge on any atom is -0.389 e. The number of amides is 1. The maximum atomic E-state index is 12.0. The van der Waals surface area contributed by atoms with Gasteiger partial charge in [-0.05, 0) is 27.2 Å². The predicted octanol–water partition coefficient (Wildman–Crippen LogP) is 1.55. The molecule has 16 heavy (non-hydrogen) atoms. The van der Waals surface area contributed by atoms with Crippen LogP contribution in [0.3, 0.4) is 0 Å². The van der Waals surface area contributed by atoms with Gasteiger partial charge in [0.25, 0.3) is 0 Å². The van der Waals surface area contributed by atoms with E-state index < -0.39 is 11.5 Å². The van der Waals surface area contributed by atoms with Gasteiger partial charge in [0.1, 0.15) is 5.92 Å². The molecule has 4 nitrogen and oxygen atoms in total. The van der Waals surface area contributed by atoms with E-state index in [4.69, 9.17) is 5.26 Å². The summed E-state index contributed by atoms with van der Waals surface area (Å²) < 4.78 is 0. The maximum Gasteiger partial charge on any atom is 0.240 e. The molecule has 92 valence electrons. The highest BCUT2D eigenvalue weighted by atomic mass is 16.3. The SMILES string of the molecule is CCCC(C#N)C(=O)N(CC)CC(C)(C)O. The van der Waals surface area contributed by atoms with Gasteiger partial charge in [0.2, 0.25) is 5.91 Å². The molecule has 0 aliphatic carbocycles. The molecule has 0 aliphatic rings. The van der Waals surface area contributed by atoms with Gasteiger partial charge in [-0.25, -0.2) is 0 Å². The van der Waals surface area contributed by atoms with Gasteiger partial charge in [-0.3, -0.25) is 4.79 Å². The van der Waals surface area contributed by atoms with E-state index in [1.807, 2.05) is 19.9 Å². The van der Waals surface area contributed by atoms with Crippen LogP contribution in [-0.2, 0) is 4.79 Å². The van der Waals surface area contributed by atoms with Crippen molar-refractivity contribution in [1.82, 2.24) is 4.90 Å². The third-order valence-electron chi connectivity index (χ3n) is 2.30. The van der Waals surface area contributed by atoms with E-state index >= 15 is 0 Å². The zero-order valence-electron chi connectivity index (χ0n) is 10.7. The molecule has 1 amide bonds. The van der Waals surface area contributed by atoms with Crippen LogP contribution in [0, 0.1) is 17.2 Å². The number of aliphatic hydroxyl groups is 1. The summed E-state index contributed by atoms with van der Waals surface area (Å²) in [5.74, 6) is -0.749. The lowest BCUT2D eigenvalue weighted by atomic mass is 10.0. The van der Waals surface area contributed by atoms with Crippen molar-refractivity contribution in [2.24, 2.45) is 5.92 Å². The van der Waals surface area contributed by atoms with Crippen LogP contribution in [0.15, 0.2) is 0 Å². The van der Waals surface area contributed by atoms with Crippen molar-refractivity contribution in [3.8, 4) is 6.07 Å². The van der Waals surface area contributed by atoms with Crippen LogP contribution in [0.25, 0.3) is 0 Å². The monoisotopic (exact) mass is 226 g/mol. The molecule has 1 N–H and O–H groups in total. The zero-order valence-corrected chi connectivity index (χ0v) is 10.7. The number of carbonyl (C=O) groups excluding carboxylic acids is 1. The Morgan fingerprint density at radius 3 is 2.38 bits per heavy atom. The summed E-state index contributed by atoms with van der Waals surface area (Å²) in [6.45, 7) is 7.90. The molecule has 0 fully saturated rings. The molecule has 0 bridgehead atoms.